The summed E-state index contributed by atoms with van der Waals surface area (Å²) < 4.78 is 5.94. The molecule has 2 aliphatic heterocycles. The number of ether oxygens (including phenoxy) is 1. The molecule has 2 heterocycles. The van der Waals surface area contributed by atoms with Crippen molar-refractivity contribution < 1.29 is 14.3 Å². The van der Waals surface area contributed by atoms with Crippen molar-refractivity contribution in [3.05, 3.63) is 71.8 Å². The highest BCUT2D eigenvalue weighted by Gasteiger charge is 2.61. The van der Waals surface area contributed by atoms with E-state index >= 15 is 0 Å². The van der Waals surface area contributed by atoms with Gasteiger partial charge in [-0.15, -0.1) is 0 Å². The number of carbonyl (C=O) groups is 2. The quantitative estimate of drug-likeness (QED) is 0.397. The molecule has 176 valence electrons. The van der Waals surface area contributed by atoms with Gasteiger partial charge in [0.15, 0.2) is 6.10 Å². The van der Waals surface area contributed by atoms with Crippen LogP contribution in [0.1, 0.15) is 30.2 Å². The number of cyclic esters (lactones) is 1. The van der Waals surface area contributed by atoms with E-state index in [0.717, 1.165) is 11.1 Å². The molecule has 0 bridgehead atoms. The monoisotopic (exact) mass is 480 g/mol. The molecule has 33 heavy (non-hydrogen) atoms. The van der Waals surface area contributed by atoms with E-state index in [0.29, 0.717) is 5.29 Å². The Hall–Kier alpha value is -2.39. The van der Waals surface area contributed by atoms with Crippen LogP contribution in [0.2, 0.25) is 39.3 Å². The first-order valence-electron chi connectivity index (χ1n) is 11.8. The summed E-state index contributed by atoms with van der Waals surface area (Å²) in [6.45, 7) is 16.2. The van der Waals surface area contributed by atoms with Gasteiger partial charge in [0.05, 0.1) is 22.2 Å². The van der Waals surface area contributed by atoms with E-state index in [4.69, 9.17) is 4.74 Å². The molecule has 2 amide bonds. The summed E-state index contributed by atoms with van der Waals surface area (Å²) in [4.78, 5) is 30.9. The zero-order valence-electron chi connectivity index (χ0n) is 20.8. The minimum atomic E-state index is -1.64. The molecule has 4 rings (SSSR count). The molecule has 7 heteroatoms. The summed E-state index contributed by atoms with van der Waals surface area (Å²) in [5.41, 5.74) is 1.93. The van der Waals surface area contributed by atoms with Crippen molar-refractivity contribution in [2.24, 2.45) is 0 Å². The third kappa shape index (κ3) is 4.17. The van der Waals surface area contributed by atoms with Gasteiger partial charge >= 0.3 is 6.09 Å². The van der Waals surface area contributed by atoms with Crippen LogP contribution in [0.3, 0.4) is 0 Å². The fourth-order valence-electron chi connectivity index (χ4n) is 6.14. The summed E-state index contributed by atoms with van der Waals surface area (Å²) in [5, 5.41) is 0.322. The van der Waals surface area contributed by atoms with Gasteiger partial charge in [0.25, 0.3) is 0 Å². The first-order valence-corrected chi connectivity index (χ1v) is 19.0. The maximum Gasteiger partial charge on any atom is 0.411 e. The zero-order chi connectivity index (χ0) is 24.1. The van der Waals surface area contributed by atoms with Gasteiger partial charge in [-0.05, 0) is 18.1 Å². The highest BCUT2D eigenvalue weighted by molar-refractivity contribution is 6.96. The Morgan fingerprint density at radius 2 is 1.24 bits per heavy atom. The van der Waals surface area contributed by atoms with Crippen molar-refractivity contribution in [2.45, 2.75) is 75.7 Å². The van der Waals surface area contributed by atoms with Gasteiger partial charge in [0.1, 0.15) is 12.1 Å². The lowest BCUT2D eigenvalue weighted by Crippen LogP contribution is -2.79. The van der Waals surface area contributed by atoms with Gasteiger partial charge in [-0.25, -0.2) is 4.79 Å². The summed E-state index contributed by atoms with van der Waals surface area (Å²) in [6.07, 6.45) is -0.847. The number of rotatable bonds is 6. The van der Waals surface area contributed by atoms with Crippen LogP contribution in [0.25, 0.3) is 0 Å². The summed E-state index contributed by atoms with van der Waals surface area (Å²) in [7, 11) is -3.28. The Bertz CT molecular complexity index is 1000. The molecule has 2 saturated heterocycles. The van der Waals surface area contributed by atoms with E-state index in [1.54, 1.807) is 4.90 Å². The normalized spacial score (nSPS) is 25.9. The van der Waals surface area contributed by atoms with Gasteiger partial charge in [0, 0.05) is 5.29 Å². The largest absolute Gasteiger partial charge is 0.439 e. The Morgan fingerprint density at radius 1 is 0.758 bits per heavy atom. The number of hydrogen-bond acceptors (Lipinski definition) is 3. The molecule has 5 nitrogen and oxygen atoms in total. The minimum Gasteiger partial charge on any atom is -0.439 e. The van der Waals surface area contributed by atoms with Crippen molar-refractivity contribution in [1.82, 2.24) is 9.80 Å². The average Bonchev–Trinajstić information content (AvgIpc) is 3.08. The third-order valence-corrected chi connectivity index (χ3v) is 15.9. The predicted octanol–water partition coefficient (Wildman–Crippen LogP) is 5.64. The highest BCUT2D eigenvalue weighted by atomic mass is 28.4. The van der Waals surface area contributed by atoms with Crippen LogP contribution in [0.15, 0.2) is 60.7 Å². The lowest BCUT2D eigenvalue weighted by atomic mass is 9.90. The number of benzene rings is 2. The smallest absolute Gasteiger partial charge is 0.411 e. The summed E-state index contributed by atoms with van der Waals surface area (Å²) in [5.74, 6) is 0.0731. The Kier molecular flexibility index (Phi) is 6.07. The van der Waals surface area contributed by atoms with Gasteiger partial charge in [-0.3, -0.25) is 9.69 Å². The Morgan fingerprint density at radius 3 is 1.70 bits per heavy atom. The number of likely N-dealkylation sites (tertiary alicyclic amines) is 1. The van der Waals surface area contributed by atoms with E-state index in [2.05, 4.69) is 51.1 Å². The lowest BCUT2D eigenvalue weighted by molar-refractivity contribution is -0.156. The molecule has 0 spiro atoms. The molecular weight excluding hydrogens is 444 g/mol. The third-order valence-electron chi connectivity index (χ3n) is 6.92. The molecule has 2 aromatic rings. The molecule has 0 saturated carbocycles. The number of nitrogens with zero attached hydrogens (tertiary/aromatic N) is 2. The molecule has 0 aliphatic carbocycles. The number of hydrogen-bond donors (Lipinski definition) is 0. The van der Waals surface area contributed by atoms with Crippen LogP contribution < -0.4 is 0 Å². The van der Waals surface area contributed by atoms with E-state index < -0.39 is 34.4 Å². The maximum atomic E-state index is 13.8. The Balaban J connectivity index is 1.72. The second-order valence-electron chi connectivity index (χ2n) is 11.5. The summed E-state index contributed by atoms with van der Waals surface area (Å²) >= 11 is 0. The average molecular weight is 481 g/mol. The molecule has 4 atom stereocenters. The van der Waals surface area contributed by atoms with E-state index in [1.165, 1.54) is 0 Å². The van der Waals surface area contributed by atoms with Crippen LogP contribution in [-0.4, -0.2) is 55.3 Å². The number of carbonyl (C=O) groups excluding carboxylic acids is 2. The fourth-order valence-corrected chi connectivity index (χ4v) is 18.9. The van der Waals surface area contributed by atoms with Crippen LogP contribution in [-0.2, 0) is 9.53 Å². The minimum absolute atomic E-state index is 0.0331. The second-order valence-corrected chi connectivity index (χ2v) is 22.7. The molecule has 2 aromatic carbocycles. The molecule has 2 aliphatic rings. The van der Waals surface area contributed by atoms with Gasteiger partial charge in [-0.1, -0.05) is 99.9 Å². The van der Waals surface area contributed by atoms with Crippen molar-refractivity contribution >= 4 is 28.1 Å². The zero-order valence-corrected chi connectivity index (χ0v) is 22.8. The number of amides is 2. The fraction of sp³-hybridized carbons (Fsp3) is 0.462. The molecule has 0 N–H and O–H groups in total. The van der Waals surface area contributed by atoms with Crippen molar-refractivity contribution in [3.8, 4) is 0 Å². The molecule has 0 unspecified atom stereocenters. The van der Waals surface area contributed by atoms with E-state index in [1.807, 2.05) is 60.7 Å². The lowest BCUT2D eigenvalue weighted by Gasteiger charge is -2.58. The SMILES string of the molecule is C[C@@H]1[C@H](N2C(=O)O[C@H](c3ccccc3)[C@@H]2c2ccccc2)C(=O)N1C([Si](C)(C)C)[Si](C)(C)C. The standard InChI is InChI=1S/C26H36N2O3Si2/c1-18-21(24(29)27(18)26(32(2,3)4)33(5,6)7)28-22(19-14-10-8-11-15-19)23(31-25(28)30)20-16-12-9-13-17-20/h8-18,21-23,26H,1-7H3/t18-,21+,22+,23-/m1/s1. The molecule has 2 fully saturated rings. The van der Waals surface area contributed by atoms with Gasteiger partial charge in [-0.2, -0.15) is 0 Å². The molecule has 0 aromatic heterocycles. The topological polar surface area (TPSA) is 49.9 Å². The van der Waals surface area contributed by atoms with Crippen LogP contribution in [0.4, 0.5) is 4.79 Å². The number of β-lactam (4-membered cyclic amide) rings is 1. The van der Waals surface area contributed by atoms with E-state index in [-0.39, 0.29) is 18.0 Å². The van der Waals surface area contributed by atoms with Crippen molar-refractivity contribution in [3.63, 3.8) is 0 Å². The van der Waals surface area contributed by atoms with Gasteiger partial charge < -0.3 is 9.64 Å². The van der Waals surface area contributed by atoms with Crippen LogP contribution >= 0.6 is 0 Å². The van der Waals surface area contributed by atoms with E-state index in [9.17, 15) is 9.59 Å². The Labute approximate surface area is 199 Å². The van der Waals surface area contributed by atoms with Crippen molar-refractivity contribution in [2.75, 3.05) is 0 Å². The van der Waals surface area contributed by atoms with Crippen LogP contribution in [0, 0.1) is 0 Å². The molecule has 0 radical (unpaired) electrons. The van der Waals surface area contributed by atoms with Crippen LogP contribution in [0.5, 0.6) is 0 Å². The second kappa shape index (κ2) is 8.44. The first-order chi connectivity index (χ1) is 15.4. The first kappa shape index (κ1) is 23.8. The predicted molar refractivity (Wildman–Crippen MR) is 137 cm³/mol. The maximum absolute atomic E-state index is 13.8. The molecular formula is C26H36N2O3Si2. The van der Waals surface area contributed by atoms with Gasteiger partial charge in [0.2, 0.25) is 5.91 Å². The summed E-state index contributed by atoms with van der Waals surface area (Å²) in [6, 6.07) is 18.9. The highest BCUT2D eigenvalue weighted by Crippen LogP contribution is 2.47. The van der Waals surface area contributed by atoms with Crippen molar-refractivity contribution in [1.29, 1.82) is 0 Å².